The van der Waals surface area contributed by atoms with Crippen LogP contribution >= 0.6 is 11.8 Å². The van der Waals surface area contributed by atoms with E-state index in [2.05, 4.69) is 4.98 Å². The molecule has 0 bridgehead atoms. The normalized spacial score (nSPS) is 27.3. The Kier molecular flexibility index (Phi) is 4.34. The van der Waals surface area contributed by atoms with Crippen molar-refractivity contribution in [3.63, 3.8) is 0 Å². The van der Waals surface area contributed by atoms with E-state index in [4.69, 9.17) is 13.9 Å². The van der Waals surface area contributed by atoms with Crippen LogP contribution in [0.3, 0.4) is 0 Å². The van der Waals surface area contributed by atoms with Crippen molar-refractivity contribution in [3.8, 4) is 0 Å². The van der Waals surface area contributed by atoms with Gasteiger partial charge in [0.2, 0.25) is 0 Å². The number of carbonyl (C=O) groups excluding carboxylic acids is 1. The van der Waals surface area contributed by atoms with Crippen molar-refractivity contribution in [3.05, 3.63) is 18.4 Å². The molecule has 1 aromatic rings. The number of carbonyl (C=O) groups is 1. The van der Waals surface area contributed by atoms with Gasteiger partial charge in [-0.2, -0.15) is 0 Å². The summed E-state index contributed by atoms with van der Waals surface area (Å²) in [7, 11) is 0. The van der Waals surface area contributed by atoms with Gasteiger partial charge in [-0.15, -0.1) is 11.8 Å². The van der Waals surface area contributed by atoms with Gasteiger partial charge in [-0.3, -0.25) is 4.79 Å². The topological polar surface area (TPSA) is 64.8 Å². The van der Waals surface area contributed by atoms with Gasteiger partial charge in [-0.05, 0) is 25.2 Å². The molecule has 0 unspecified atom stereocenters. The summed E-state index contributed by atoms with van der Waals surface area (Å²) >= 11 is 1.96. The van der Waals surface area contributed by atoms with E-state index in [-0.39, 0.29) is 10.7 Å². The smallest absolute Gasteiger partial charge is 0.275 e. The molecule has 1 atom stereocenters. The largest absolute Gasteiger partial charge is 0.451 e. The lowest BCUT2D eigenvalue weighted by Gasteiger charge is -2.47. The number of thioether (sulfide) groups is 1. The van der Waals surface area contributed by atoms with Crippen molar-refractivity contribution >= 4 is 17.7 Å². The molecule has 3 aliphatic heterocycles. The molecule has 4 rings (SSSR count). The molecule has 0 saturated carbocycles. The molecule has 1 aromatic heterocycles. The SMILES string of the molecule is O=C(c1cocn1)N1CC2(C[C@@H](OCC3CCOCC3)CS2)C1. The minimum atomic E-state index is -0.0310. The van der Waals surface area contributed by atoms with Gasteiger partial charge in [0, 0.05) is 38.7 Å². The van der Waals surface area contributed by atoms with Gasteiger partial charge in [0.1, 0.15) is 6.26 Å². The zero-order valence-corrected chi connectivity index (χ0v) is 13.9. The van der Waals surface area contributed by atoms with Crippen LogP contribution in [-0.2, 0) is 9.47 Å². The molecule has 3 aliphatic rings. The Morgan fingerprint density at radius 1 is 1.43 bits per heavy atom. The lowest BCUT2D eigenvalue weighted by molar-refractivity contribution is -0.0119. The van der Waals surface area contributed by atoms with Gasteiger partial charge in [0.15, 0.2) is 12.1 Å². The summed E-state index contributed by atoms with van der Waals surface area (Å²) in [5.41, 5.74) is 0.398. The molecule has 0 aromatic carbocycles. The van der Waals surface area contributed by atoms with Crippen molar-refractivity contribution in [1.82, 2.24) is 9.88 Å². The minimum Gasteiger partial charge on any atom is -0.451 e. The van der Waals surface area contributed by atoms with Crippen molar-refractivity contribution in [1.29, 1.82) is 0 Å². The van der Waals surface area contributed by atoms with Crippen LogP contribution in [0.1, 0.15) is 29.8 Å². The highest BCUT2D eigenvalue weighted by molar-refractivity contribution is 8.01. The number of oxazole rings is 1. The molecule has 3 fully saturated rings. The molecule has 1 spiro atoms. The van der Waals surface area contributed by atoms with Gasteiger partial charge >= 0.3 is 0 Å². The predicted octanol–water partition coefficient (Wildman–Crippen LogP) is 1.82. The van der Waals surface area contributed by atoms with Crippen molar-refractivity contribution in [2.24, 2.45) is 5.92 Å². The summed E-state index contributed by atoms with van der Waals surface area (Å²) in [5.74, 6) is 1.66. The molecule has 0 N–H and O–H groups in total. The minimum absolute atomic E-state index is 0.0310. The van der Waals surface area contributed by atoms with E-state index in [9.17, 15) is 4.79 Å². The van der Waals surface area contributed by atoms with Crippen LogP contribution in [0.4, 0.5) is 0 Å². The number of nitrogens with zero attached hydrogens (tertiary/aromatic N) is 2. The number of ether oxygens (including phenoxy) is 2. The third-order valence-electron chi connectivity index (χ3n) is 4.98. The van der Waals surface area contributed by atoms with E-state index in [1.54, 1.807) is 0 Å². The Balaban J connectivity index is 1.23. The number of likely N-dealkylation sites (tertiary alicyclic amines) is 1. The van der Waals surface area contributed by atoms with E-state index in [0.717, 1.165) is 57.9 Å². The van der Waals surface area contributed by atoms with E-state index in [0.29, 0.717) is 17.7 Å². The Morgan fingerprint density at radius 3 is 3.00 bits per heavy atom. The average Bonchev–Trinajstić information content (AvgIpc) is 3.22. The second-order valence-corrected chi connectivity index (χ2v) is 8.23. The van der Waals surface area contributed by atoms with Crippen molar-refractivity contribution in [2.75, 3.05) is 38.7 Å². The maximum Gasteiger partial charge on any atom is 0.275 e. The third kappa shape index (κ3) is 3.27. The number of rotatable bonds is 4. The Bertz CT molecular complexity index is 538. The zero-order valence-electron chi connectivity index (χ0n) is 13.1. The fourth-order valence-electron chi connectivity index (χ4n) is 3.59. The average molecular weight is 338 g/mol. The molecule has 6 nitrogen and oxygen atoms in total. The maximum absolute atomic E-state index is 12.2. The molecule has 126 valence electrons. The number of aromatic nitrogens is 1. The highest BCUT2D eigenvalue weighted by Gasteiger charge is 2.51. The number of hydrogen-bond acceptors (Lipinski definition) is 6. The Labute approximate surface area is 139 Å². The first-order chi connectivity index (χ1) is 11.2. The molecule has 3 saturated heterocycles. The van der Waals surface area contributed by atoms with Crippen LogP contribution in [-0.4, -0.2) is 65.3 Å². The molecule has 1 amide bonds. The van der Waals surface area contributed by atoms with Crippen molar-refractivity contribution < 1.29 is 18.7 Å². The van der Waals surface area contributed by atoms with Crippen molar-refractivity contribution in [2.45, 2.75) is 30.1 Å². The number of amides is 1. The van der Waals surface area contributed by atoms with Gasteiger partial charge < -0.3 is 18.8 Å². The number of hydrogen-bond donors (Lipinski definition) is 0. The van der Waals surface area contributed by atoms with Crippen LogP contribution < -0.4 is 0 Å². The first-order valence-electron chi connectivity index (χ1n) is 8.25. The summed E-state index contributed by atoms with van der Waals surface area (Å²) < 4.78 is 16.6. The molecule has 0 aliphatic carbocycles. The van der Waals surface area contributed by atoms with Crippen LogP contribution in [0, 0.1) is 5.92 Å². The van der Waals surface area contributed by atoms with Crippen LogP contribution in [0.25, 0.3) is 0 Å². The van der Waals surface area contributed by atoms with Crippen LogP contribution in [0.2, 0.25) is 0 Å². The quantitative estimate of drug-likeness (QED) is 0.834. The summed E-state index contributed by atoms with van der Waals surface area (Å²) in [4.78, 5) is 18.0. The molecule has 23 heavy (non-hydrogen) atoms. The molecular weight excluding hydrogens is 316 g/mol. The Hall–Kier alpha value is -1.05. The van der Waals surface area contributed by atoms with E-state index in [1.807, 2.05) is 16.7 Å². The molecular formula is C16H22N2O4S. The summed E-state index contributed by atoms with van der Waals surface area (Å²) in [5, 5.41) is 0. The maximum atomic E-state index is 12.2. The van der Waals surface area contributed by atoms with Gasteiger partial charge in [-0.1, -0.05) is 0 Å². The molecule has 4 heterocycles. The highest BCUT2D eigenvalue weighted by Crippen LogP contribution is 2.46. The zero-order chi connectivity index (χ0) is 15.7. The lowest BCUT2D eigenvalue weighted by Crippen LogP contribution is -2.60. The monoisotopic (exact) mass is 338 g/mol. The summed E-state index contributed by atoms with van der Waals surface area (Å²) in [6.45, 7) is 4.18. The second kappa shape index (κ2) is 6.45. The summed E-state index contributed by atoms with van der Waals surface area (Å²) in [6, 6.07) is 0. The second-order valence-electron chi connectivity index (χ2n) is 6.74. The molecule has 0 radical (unpaired) electrons. The predicted molar refractivity (Wildman–Crippen MR) is 85.5 cm³/mol. The Morgan fingerprint density at radius 2 is 2.26 bits per heavy atom. The van der Waals surface area contributed by atoms with Gasteiger partial charge in [0.05, 0.1) is 10.9 Å². The highest BCUT2D eigenvalue weighted by atomic mass is 32.2. The first kappa shape index (κ1) is 15.5. The van der Waals surface area contributed by atoms with Gasteiger partial charge in [-0.25, -0.2) is 4.98 Å². The van der Waals surface area contributed by atoms with E-state index < -0.39 is 0 Å². The van der Waals surface area contributed by atoms with E-state index in [1.165, 1.54) is 12.7 Å². The fourth-order valence-corrected chi connectivity index (χ4v) is 5.14. The third-order valence-corrected chi connectivity index (χ3v) is 6.56. The van der Waals surface area contributed by atoms with E-state index >= 15 is 0 Å². The first-order valence-corrected chi connectivity index (χ1v) is 9.23. The lowest BCUT2D eigenvalue weighted by atomic mass is 9.92. The van der Waals surface area contributed by atoms with Crippen LogP contribution in [0.15, 0.2) is 17.1 Å². The van der Waals surface area contributed by atoms with Crippen LogP contribution in [0.5, 0.6) is 0 Å². The molecule has 7 heteroatoms. The summed E-state index contributed by atoms with van der Waals surface area (Å²) in [6.07, 6.45) is 6.31. The van der Waals surface area contributed by atoms with Gasteiger partial charge in [0.25, 0.3) is 5.91 Å². The standard InChI is InChI=1S/C16H22N2O4S/c19-15(14-7-21-11-17-14)18-9-16(10-18)5-13(8-23-16)22-6-12-1-3-20-4-2-12/h7,11-13H,1-6,8-10H2/t13-/m1/s1. The fraction of sp³-hybridized carbons (Fsp3) is 0.750.